The number of hydrogen-bond donors (Lipinski definition) is 2. The molecule has 2 aromatic carbocycles. The van der Waals surface area contributed by atoms with E-state index in [1.165, 1.54) is 0 Å². The molecule has 1 saturated carbocycles. The molecular weight excluding hydrogens is 478 g/mol. The van der Waals surface area contributed by atoms with Crippen LogP contribution < -0.4 is 10.6 Å². The largest absolute Gasteiger partial charge is 0.444 e. The van der Waals surface area contributed by atoms with E-state index in [4.69, 9.17) is 4.74 Å². The first-order valence-electron chi connectivity index (χ1n) is 13.5. The molecule has 1 fully saturated rings. The Morgan fingerprint density at radius 2 is 1.55 bits per heavy atom. The number of benzene rings is 2. The number of ether oxygens (including phenoxy) is 1. The Hall–Kier alpha value is -3.35. The molecule has 0 heterocycles. The summed E-state index contributed by atoms with van der Waals surface area (Å²) in [5, 5.41) is 5.92. The Bertz CT molecular complexity index is 1170. The van der Waals surface area contributed by atoms with Gasteiger partial charge in [0.1, 0.15) is 17.7 Å². The van der Waals surface area contributed by atoms with Crippen molar-refractivity contribution in [3.63, 3.8) is 0 Å². The van der Waals surface area contributed by atoms with E-state index in [2.05, 4.69) is 10.6 Å². The van der Waals surface area contributed by atoms with E-state index < -0.39 is 23.8 Å². The summed E-state index contributed by atoms with van der Waals surface area (Å²) in [5.41, 5.74) is 4.75. The van der Waals surface area contributed by atoms with Gasteiger partial charge in [-0.15, -0.1) is 0 Å². The van der Waals surface area contributed by atoms with Crippen LogP contribution in [0.2, 0.25) is 0 Å². The van der Waals surface area contributed by atoms with Gasteiger partial charge in [0, 0.05) is 11.7 Å². The third-order valence-electron chi connectivity index (χ3n) is 6.78. The van der Waals surface area contributed by atoms with Crippen LogP contribution in [0.5, 0.6) is 0 Å². The normalized spacial score (nSPS) is 15.0. The molecule has 206 valence electrons. The molecule has 3 rings (SSSR count). The van der Waals surface area contributed by atoms with Gasteiger partial charge in [0.2, 0.25) is 5.91 Å². The summed E-state index contributed by atoms with van der Waals surface area (Å²) in [4.78, 5) is 42.7. The minimum absolute atomic E-state index is 0.0846. The summed E-state index contributed by atoms with van der Waals surface area (Å²) >= 11 is 0. The van der Waals surface area contributed by atoms with Crippen LogP contribution in [0.4, 0.5) is 10.5 Å². The second-order valence-corrected chi connectivity index (χ2v) is 11.9. The van der Waals surface area contributed by atoms with Crippen molar-refractivity contribution in [2.75, 3.05) is 5.32 Å². The fraction of sp³-hybridized carbons (Fsp3) is 0.516. The fourth-order valence-corrected chi connectivity index (χ4v) is 4.73. The zero-order valence-electron chi connectivity index (χ0n) is 24.3. The minimum atomic E-state index is -0.851. The van der Waals surface area contributed by atoms with E-state index in [1.807, 2.05) is 77.9 Å². The summed E-state index contributed by atoms with van der Waals surface area (Å²) in [7, 11) is 0. The second kappa shape index (κ2) is 11.6. The molecule has 0 radical (unpaired) electrons. The third-order valence-corrected chi connectivity index (χ3v) is 6.78. The van der Waals surface area contributed by atoms with Crippen molar-refractivity contribution in [2.24, 2.45) is 5.92 Å². The predicted molar refractivity (Wildman–Crippen MR) is 151 cm³/mol. The number of carbonyl (C=O) groups is 3. The highest BCUT2D eigenvalue weighted by molar-refractivity contribution is 6.00. The first kappa shape index (κ1) is 29.2. The summed E-state index contributed by atoms with van der Waals surface area (Å²) in [6.45, 7) is 17.0. The zero-order valence-corrected chi connectivity index (χ0v) is 24.3. The van der Waals surface area contributed by atoms with Crippen LogP contribution in [0.25, 0.3) is 0 Å². The van der Waals surface area contributed by atoms with Crippen molar-refractivity contribution < 1.29 is 19.1 Å². The maximum atomic E-state index is 14.2. The molecule has 3 amide bonds. The second-order valence-electron chi connectivity index (χ2n) is 11.9. The van der Waals surface area contributed by atoms with Crippen molar-refractivity contribution in [1.29, 1.82) is 0 Å². The monoisotopic (exact) mass is 521 g/mol. The molecule has 0 saturated heterocycles. The van der Waals surface area contributed by atoms with Crippen LogP contribution in [0.1, 0.15) is 81.3 Å². The predicted octanol–water partition coefficient (Wildman–Crippen LogP) is 6.14. The smallest absolute Gasteiger partial charge is 0.408 e. The third kappa shape index (κ3) is 7.15. The molecule has 0 aliphatic heterocycles. The first-order valence-corrected chi connectivity index (χ1v) is 13.5. The molecular formula is C31H43N3O4. The molecule has 7 heteroatoms. The highest BCUT2D eigenvalue weighted by Gasteiger charge is 2.45. The maximum absolute atomic E-state index is 14.2. The molecule has 2 unspecified atom stereocenters. The molecule has 38 heavy (non-hydrogen) atoms. The number of alkyl carbamates (subject to hydrolysis) is 1. The highest BCUT2D eigenvalue weighted by atomic mass is 16.6. The van der Waals surface area contributed by atoms with Gasteiger partial charge in [-0.05, 0) is 89.5 Å². The summed E-state index contributed by atoms with van der Waals surface area (Å²) in [5.74, 6) is -0.762. The molecule has 0 aromatic heterocycles. The number of para-hydroxylation sites is 1. The Morgan fingerprint density at radius 1 is 0.947 bits per heavy atom. The number of carbonyl (C=O) groups excluding carboxylic acids is 3. The van der Waals surface area contributed by atoms with Crippen molar-refractivity contribution in [1.82, 2.24) is 10.2 Å². The van der Waals surface area contributed by atoms with Gasteiger partial charge >= 0.3 is 6.09 Å². The minimum Gasteiger partial charge on any atom is -0.444 e. The SMILES string of the molecule is Cc1ccc(C(C(=O)Nc2c(C)cccc2C)N(C(=O)C(NC(=O)OC(C)(C)C)C(C)C)C2CC2)c(C)c1. The fourth-order valence-electron chi connectivity index (χ4n) is 4.73. The van der Waals surface area contributed by atoms with E-state index in [0.717, 1.165) is 46.3 Å². The van der Waals surface area contributed by atoms with Gasteiger partial charge in [-0.3, -0.25) is 9.59 Å². The molecule has 2 aromatic rings. The lowest BCUT2D eigenvalue weighted by atomic mass is 9.94. The molecule has 2 atom stereocenters. The van der Waals surface area contributed by atoms with Gasteiger partial charge in [-0.25, -0.2) is 4.79 Å². The Morgan fingerprint density at radius 3 is 2.05 bits per heavy atom. The van der Waals surface area contributed by atoms with E-state index in [-0.39, 0.29) is 23.8 Å². The van der Waals surface area contributed by atoms with E-state index in [0.29, 0.717) is 0 Å². The molecule has 1 aliphatic rings. The van der Waals surface area contributed by atoms with Crippen LogP contribution in [0.3, 0.4) is 0 Å². The standard InChI is InChI=1S/C31H43N3O4/c1-18(2)25(33-30(37)38-31(7,8)9)29(36)34(23-14-15-23)27(24-16-13-19(3)17-22(24)6)28(35)32-26-20(4)11-10-12-21(26)5/h10-13,16-18,23,25,27H,14-15H2,1-9H3,(H,32,35)(H,33,37). The molecule has 2 N–H and O–H groups in total. The van der Waals surface area contributed by atoms with E-state index in [9.17, 15) is 14.4 Å². The van der Waals surface area contributed by atoms with Crippen LogP contribution in [0, 0.1) is 33.6 Å². The van der Waals surface area contributed by atoms with Crippen LogP contribution in [-0.4, -0.2) is 40.5 Å². The number of nitrogens with zero attached hydrogens (tertiary/aromatic N) is 1. The molecule has 1 aliphatic carbocycles. The van der Waals surface area contributed by atoms with E-state index in [1.54, 1.807) is 25.7 Å². The topological polar surface area (TPSA) is 87.7 Å². The summed E-state index contributed by atoms with van der Waals surface area (Å²) < 4.78 is 5.45. The average Bonchev–Trinajstić information content (AvgIpc) is 3.62. The molecule has 0 bridgehead atoms. The van der Waals surface area contributed by atoms with Gasteiger partial charge in [0.05, 0.1) is 0 Å². The first-order chi connectivity index (χ1) is 17.7. The Labute approximate surface area is 227 Å². The van der Waals surface area contributed by atoms with Gasteiger partial charge in [-0.2, -0.15) is 0 Å². The lowest BCUT2D eigenvalue weighted by Gasteiger charge is -2.36. The Kier molecular flexibility index (Phi) is 8.90. The number of hydrogen-bond acceptors (Lipinski definition) is 4. The van der Waals surface area contributed by atoms with Gasteiger partial charge < -0.3 is 20.3 Å². The molecule has 0 spiro atoms. The van der Waals surface area contributed by atoms with E-state index >= 15 is 0 Å². The lowest BCUT2D eigenvalue weighted by Crippen LogP contribution is -2.55. The summed E-state index contributed by atoms with van der Waals surface area (Å²) in [6, 6.07) is 10.0. The van der Waals surface area contributed by atoms with Crippen molar-refractivity contribution in [3.8, 4) is 0 Å². The van der Waals surface area contributed by atoms with Crippen molar-refractivity contribution in [3.05, 3.63) is 64.2 Å². The highest BCUT2D eigenvalue weighted by Crippen LogP contribution is 2.38. The van der Waals surface area contributed by atoms with Gasteiger partial charge in [0.25, 0.3) is 5.91 Å². The Balaban J connectivity index is 2.05. The number of rotatable bonds is 8. The lowest BCUT2D eigenvalue weighted by molar-refractivity contribution is -0.142. The number of aryl methyl sites for hydroxylation is 4. The van der Waals surface area contributed by atoms with Gasteiger partial charge in [0.15, 0.2) is 0 Å². The quantitative estimate of drug-likeness (QED) is 0.437. The van der Waals surface area contributed by atoms with Crippen molar-refractivity contribution >= 4 is 23.6 Å². The number of amides is 3. The maximum Gasteiger partial charge on any atom is 0.408 e. The van der Waals surface area contributed by atoms with Crippen LogP contribution >= 0.6 is 0 Å². The van der Waals surface area contributed by atoms with Crippen LogP contribution in [-0.2, 0) is 14.3 Å². The van der Waals surface area contributed by atoms with Gasteiger partial charge in [-0.1, -0.05) is 55.8 Å². The summed E-state index contributed by atoms with van der Waals surface area (Å²) in [6.07, 6.45) is 0.964. The average molecular weight is 522 g/mol. The zero-order chi connectivity index (χ0) is 28.4. The number of anilines is 1. The van der Waals surface area contributed by atoms with Crippen molar-refractivity contribution in [2.45, 2.75) is 98.9 Å². The number of nitrogens with one attached hydrogen (secondary N) is 2. The van der Waals surface area contributed by atoms with Crippen LogP contribution in [0.15, 0.2) is 36.4 Å². The molecule has 7 nitrogen and oxygen atoms in total.